The van der Waals surface area contributed by atoms with Crippen LogP contribution in [-0.4, -0.2) is 78.2 Å². The second kappa shape index (κ2) is 12.8. The lowest BCUT2D eigenvalue weighted by Crippen LogP contribution is -2.55. The number of pyridine rings is 1. The zero-order chi connectivity index (χ0) is 31.6. The van der Waals surface area contributed by atoms with Crippen LogP contribution in [0.15, 0.2) is 42.9 Å². The molecule has 1 amide bonds. The van der Waals surface area contributed by atoms with Crippen molar-refractivity contribution in [2.75, 3.05) is 39.8 Å². The first-order chi connectivity index (χ1) is 21.1. The highest BCUT2D eigenvalue weighted by molar-refractivity contribution is 6.09. The first-order valence-corrected chi connectivity index (χ1v) is 14.3. The summed E-state index contributed by atoms with van der Waals surface area (Å²) < 4.78 is 45.4. The number of hydrogen-bond donors (Lipinski definition) is 4. The minimum Gasteiger partial charge on any atom is -0.453 e. The van der Waals surface area contributed by atoms with Crippen LogP contribution in [0.3, 0.4) is 0 Å². The number of aromatic nitrogens is 3. The molecule has 2 fully saturated rings. The Morgan fingerprint density at radius 3 is 2.59 bits per heavy atom. The second-order valence-corrected chi connectivity index (χ2v) is 11.4. The summed E-state index contributed by atoms with van der Waals surface area (Å²) in [5.74, 6) is -1.03. The zero-order valence-electron chi connectivity index (χ0n) is 25.1. The van der Waals surface area contributed by atoms with Gasteiger partial charge in [-0.2, -0.15) is 0 Å². The van der Waals surface area contributed by atoms with Crippen LogP contribution in [0.4, 0.5) is 25.2 Å². The summed E-state index contributed by atoms with van der Waals surface area (Å²) in [6, 6.07) is 3.93. The number of halogens is 2. The van der Waals surface area contributed by atoms with Gasteiger partial charge in [0.2, 0.25) is 5.95 Å². The molecule has 0 radical (unpaired) electrons. The van der Waals surface area contributed by atoms with Crippen molar-refractivity contribution >= 4 is 29.5 Å². The molecule has 5 N–H and O–H groups in total. The summed E-state index contributed by atoms with van der Waals surface area (Å²) in [5, 5.41) is 11.6. The Kier molecular flexibility index (Phi) is 9.09. The van der Waals surface area contributed by atoms with E-state index in [1.165, 1.54) is 38.5 Å². The van der Waals surface area contributed by atoms with Crippen molar-refractivity contribution in [3.8, 4) is 0 Å². The average Bonchev–Trinajstić information content (AvgIpc) is 3.42. The number of allylic oxidation sites excluding steroid dienone is 1. The third-order valence-electron chi connectivity index (χ3n) is 8.62. The van der Waals surface area contributed by atoms with Gasteiger partial charge in [0.1, 0.15) is 17.2 Å². The maximum atomic E-state index is 14.9. The number of methoxy groups -OCH3 is 2. The number of aromatic amines is 1. The van der Waals surface area contributed by atoms with E-state index in [4.69, 9.17) is 25.4 Å². The van der Waals surface area contributed by atoms with Crippen LogP contribution in [0.25, 0.3) is 6.08 Å². The van der Waals surface area contributed by atoms with E-state index in [2.05, 4.69) is 27.2 Å². The van der Waals surface area contributed by atoms with Gasteiger partial charge in [-0.05, 0) is 66.2 Å². The third-order valence-corrected chi connectivity index (χ3v) is 8.62. The number of H-pyrrole nitrogens is 1. The Morgan fingerprint density at radius 1 is 1.25 bits per heavy atom. The highest BCUT2D eigenvalue weighted by Crippen LogP contribution is 2.40. The number of nitrogens with two attached hydrogens (primary N) is 1. The molecule has 11 nitrogen and oxygen atoms in total. The number of ether oxygens (including phenoxy) is 3. The van der Waals surface area contributed by atoms with Crippen LogP contribution < -0.4 is 11.1 Å². The van der Waals surface area contributed by atoms with Crippen molar-refractivity contribution in [2.45, 2.75) is 43.4 Å². The van der Waals surface area contributed by atoms with E-state index < -0.39 is 28.9 Å². The summed E-state index contributed by atoms with van der Waals surface area (Å²) in [6.45, 7) is 2.50. The largest absolute Gasteiger partial charge is 0.453 e. The summed E-state index contributed by atoms with van der Waals surface area (Å²) >= 11 is 0. The summed E-state index contributed by atoms with van der Waals surface area (Å²) in [4.78, 5) is 25.4. The number of hydrogen-bond acceptors (Lipinski definition) is 9. The molecular weight excluding hydrogens is 572 g/mol. The Bertz CT molecular complexity index is 1520. The number of nitrogens with zero attached hydrogens (tertiary/aromatic N) is 3. The second-order valence-electron chi connectivity index (χ2n) is 11.4. The number of carbonyl (C=O) groups excluding carboxylic acids is 1. The van der Waals surface area contributed by atoms with Crippen LogP contribution >= 0.6 is 0 Å². The predicted molar refractivity (Wildman–Crippen MR) is 161 cm³/mol. The van der Waals surface area contributed by atoms with Gasteiger partial charge in [-0.1, -0.05) is 6.92 Å². The maximum absolute atomic E-state index is 14.9. The van der Waals surface area contributed by atoms with Crippen LogP contribution in [0.1, 0.15) is 48.1 Å². The molecule has 3 aromatic rings. The number of nitrogens with one attached hydrogen (secondary N) is 3. The number of imidazole rings is 1. The Labute approximate surface area is 254 Å². The monoisotopic (exact) mass is 609 g/mol. The molecule has 0 spiro atoms. The van der Waals surface area contributed by atoms with E-state index >= 15 is 0 Å². The Morgan fingerprint density at radius 2 is 1.98 bits per heavy atom. The Balaban J connectivity index is 1.27. The van der Waals surface area contributed by atoms with Gasteiger partial charge in [0.25, 0.3) is 0 Å². The van der Waals surface area contributed by atoms with Gasteiger partial charge in [0.15, 0.2) is 0 Å². The molecule has 4 unspecified atom stereocenters. The van der Waals surface area contributed by atoms with Crippen LogP contribution in [-0.2, 0) is 19.8 Å². The molecule has 13 heteroatoms. The van der Waals surface area contributed by atoms with Crippen molar-refractivity contribution in [1.29, 1.82) is 5.41 Å². The van der Waals surface area contributed by atoms with Crippen molar-refractivity contribution in [3.05, 3.63) is 76.9 Å². The minimum atomic E-state index is -0.878. The molecule has 2 aromatic heterocycles. The molecule has 1 aliphatic heterocycles. The molecular formula is C31H37F2N7O4. The molecule has 3 heterocycles. The Hall–Kier alpha value is -4.20. The standard InChI is InChI=1S/C31H37F2N7O4/c1-17-9-18(10-25(35)28(17)40(2)30(41)42-3)21-7-8-36-14-26(21)39-29-37-13-20(38-29)5-6-24(34)27-22(32)11-19(12-23(27)33)31(43-4)15-44-16-31/h5-8,11-14,17-18,25,28,34H,9-10,15-16,35H2,1-4H3,(H2,37,38,39)/b6-5-,34-24?. The van der Waals surface area contributed by atoms with Crippen molar-refractivity contribution < 1.29 is 27.8 Å². The van der Waals surface area contributed by atoms with E-state index in [1.807, 2.05) is 6.07 Å². The normalized spacial score (nSPS) is 22.8. The molecule has 1 saturated carbocycles. The third kappa shape index (κ3) is 6.07. The van der Waals surface area contributed by atoms with Gasteiger partial charge < -0.3 is 40.6 Å². The molecule has 1 aromatic carbocycles. The molecule has 4 atom stereocenters. The molecule has 234 valence electrons. The van der Waals surface area contributed by atoms with Crippen LogP contribution in [0.2, 0.25) is 0 Å². The topological polar surface area (TPSA) is 151 Å². The lowest BCUT2D eigenvalue weighted by atomic mass is 9.73. The van der Waals surface area contributed by atoms with Gasteiger partial charge in [-0.15, -0.1) is 0 Å². The van der Waals surface area contributed by atoms with E-state index in [9.17, 15) is 13.6 Å². The number of anilines is 2. The fraction of sp³-hybridized carbons (Fsp3) is 0.419. The number of amides is 1. The number of likely N-dealkylation sites (N-methyl/N-ethyl adjacent to an activating group) is 1. The van der Waals surface area contributed by atoms with E-state index in [1.54, 1.807) is 30.5 Å². The molecule has 5 rings (SSSR count). The lowest BCUT2D eigenvalue weighted by Gasteiger charge is -2.43. The first-order valence-electron chi connectivity index (χ1n) is 14.3. The number of rotatable bonds is 9. The average molecular weight is 610 g/mol. The van der Waals surface area contributed by atoms with Gasteiger partial charge in [0, 0.05) is 26.4 Å². The van der Waals surface area contributed by atoms with Crippen LogP contribution in [0, 0.1) is 23.0 Å². The highest BCUT2D eigenvalue weighted by Gasteiger charge is 2.42. The van der Waals surface area contributed by atoms with Gasteiger partial charge in [-0.25, -0.2) is 18.6 Å². The fourth-order valence-corrected chi connectivity index (χ4v) is 6.28. The van der Waals surface area contributed by atoms with Crippen molar-refractivity contribution in [3.63, 3.8) is 0 Å². The fourth-order valence-electron chi connectivity index (χ4n) is 6.28. The van der Waals surface area contributed by atoms with E-state index in [0.29, 0.717) is 23.6 Å². The summed E-state index contributed by atoms with van der Waals surface area (Å²) in [5.41, 5.74) is 7.55. The van der Waals surface area contributed by atoms with Crippen molar-refractivity contribution in [2.24, 2.45) is 11.7 Å². The first kappa shape index (κ1) is 31.2. The lowest BCUT2D eigenvalue weighted by molar-refractivity contribution is -0.202. The van der Waals surface area contributed by atoms with E-state index in [0.717, 1.165) is 17.7 Å². The zero-order valence-corrected chi connectivity index (χ0v) is 25.1. The number of benzene rings is 1. The van der Waals surface area contributed by atoms with Gasteiger partial charge >= 0.3 is 6.09 Å². The van der Waals surface area contributed by atoms with E-state index in [-0.39, 0.29) is 42.8 Å². The molecule has 2 aliphatic rings. The smallest absolute Gasteiger partial charge is 0.409 e. The summed E-state index contributed by atoms with van der Waals surface area (Å²) in [6.07, 6.45) is 8.87. The minimum absolute atomic E-state index is 0.120. The maximum Gasteiger partial charge on any atom is 0.409 e. The predicted octanol–water partition coefficient (Wildman–Crippen LogP) is 4.69. The molecule has 0 bridgehead atoms. The molecule has 1 saturated heterocycles. The van der Waals surface area contributed by atoms with Crippen LogP contribution in [0.5, 0.6) is 0 Å². The quantitative estimate of drug-likeness (QED) is 0.255. The molecule has 1 aliphatic carbocycles. The molecule has 44 heavy (non-hydrogen) atoms. The van der Waals surface area contributed by atoms with Crippen molar-refractivity contribution in [1.82, 2.24) is 19.9 Å². The number of carbonyl (C=O) groups is 1. The summed E-state index contributed by atoms with van der Waals surface area (Å²) in [7, 11) is 4.54. The van der Waals surface area contributed by atoms with Gasteiger partial charge in [0.05, 0.1) is 61.4 Å². The highest BCUT2D eigenvalue weighted by atomic mass is 19.1. The SMILES string of the molecule is COC(=O)N(C)C1C(C)CC(c2ccncc2Nc2ncc(/C=C\C(=N)c3c(F)cc(C4(OC)COC4)cc3F)[nH]2)CC1N. The van der Waals surface area contributed by atoms with Gasteiger partial charge in [-0.3, -0.25) is 4.98 Å².